The minimum atomic E-state index is -0.642. The van der Waals surface area contributed by atoms with Crippen LogP contribution in [0.3, 0.4) is 0 Å². The fourth-order valence-electron chi connectivity index (χ4n) is 1.66. The van der Waals surface area contributed by atoms with E-state index in [1.54, 1.807) is 25.1 Å². The van der Waals surface area contributed by atoms with Crippen molar-refractivity contribution in [3.63, 3.8) is 0 Å². The molecule has 0 spiro atoms. The summed E-state index contributed by atoms with van der Waals surface area (Å²) in [6.07, 6.45) is 1.96. The topological polar surface area (TPSA) is 98.3 Å². The minimum absolute atomic E-state index is 0.0436. The molecule has 19 heavy (non-hydrogen) atoms. The second kappa shape index (κ2) is 6.65. The Bertz CT molecular complexity index is 500. The first kappa shape index (κ1) is 14.8. The van der Waals surface area contributed by atoms with Crippen LogP contribution in [0.1, 0.15) is 17.5 Å². The Labute approximate surface area is 111 Å². The summed E-state index contributed by atoms with van der Waals surface area (Å²) in [5.74, 6) is -0.300. The highest BCUT2D eigenvalue weighted by atomic mass is 16.6. The third kappa shape index (κ3) is 3.89. The first-order valence-corrected chi connectivity index (χ1v) is 5.84. The average molecular weight is 263 g/mol. The van der Waals surface area contributed by atoms with Crippen LogP contribution in [-0.4, -0.2) is 16.9 Å². The van der Waals surface area contributed by atoms with Crippen molar-refractivity contribution in [2.45, 2.75) is 25.9 Å². The van der Waals surface area contributed by atoms with Crippen molar-refractivity contribution in [2.75, 3.05) is 0 Å². The van der Waals surface area contributed by atoms with Crippen molar-refractivity contribution in [2.24, 2.45) is 5.73 Å². The summed E-state index contributed by atoms with van der Waals surface area (Å²) in [5, 5.41) is 13.4. The van der Waals surface area contributed by atoms with Crippen molar-refractivity contribution < 1.29 is 9.72 Å². The fraction of sp³-hybridized carbons (Fsp3) is 0.308. The summed E-state index contributed by atoms with van der Waals surface area (Å²) in [6.45, 7) is 5.39. The highest BCUT2D eigenvalue weighted by molar-refractivity contribution is 5.81. The maximum Gasteiger partial charge on any atom is 0.272 e. The van der Waals surface area contributed by atoms with Crippen LogP contribution in [0.15, 0.2) is 30.9 Å². The van der Waals surface area contributed by atoms with Crippen LogP contribution in [0, 0.1) is 17.0 Å². The molecule has 1 unspecified atom stereocenters. The van der Waals surface area contributed by atoms with Crippen molar-refractivity contribution in [3.8, 4) is 0 Å². The lowest BCUT2D eigenvalue weighted by molar-refractivity contribution is -0.385. The molecule has 1 aromatic rings. The van der Waals surface area contributed by atoms with Gasteiger partial charge in [0.25, 0.3) is 5.69 Å². The van der Waals surface area contributed by atoms with E-state index in [2.05, 4.69) is 11.9 Å². The van der Waals surface area contributed by atoms with Crippen LogP contribution >= 0.6 is 0 Å². The quantitative estimate of drug-likeness (QED) is 0.460. The number of amides is 1. The predicted molar refractivity (Wildman–Crippen MR) is 72.5 cm³/mol. The van der Waals surface area contributed by atoms with Gasteiger partial charge in [-0.1, -0.05) is 18.2 Å². The Kier molecular flexibility index (Phi) is 5.20. The minimum Gasteiger partial charge on any atom is -0.351 e. The standard InChI is InChI=1S/C13H17N3O3/c1-3-5-11(14)13(17)15-8-10-6-4-7-12(9(10)2)16(18)19/h3-4,6-7,11H,1,5,8,14H2,2H3,(H,15,17). The van der Waals surface area contributed by atoms with Crippen LogP contribution in [0.2, 0.25) is 0 Å². The number of nitrogens with one attached hydrogen (secondary N) is 1. The van der Waals surface area contributed by atoms with E-state index in [-0.39, 0.29) is 18.1 Å². The van der Waals surface area contributed by atoms with Crippen LogP contribution in [0.5, 0.6) is 0 Å². The largest absolute Gasteiger partial charge is 0.351 e. The molecule has 0 aliphatic carbocycles. The van der Waals surface area contributed by atoms with Gasteiger partial charge in [-0.2, -0.15) is 0 Å². The van der Waals surface area contributed by atoms with Gasteiger partial charge in [-0.05, 0) is 18.9 Å². The molecule has 0 heterocycles. The van der Waals surface area contributed by atoms with Gasteiger partial charge in [-0.3, -0.25) is 14.9 Å². The number of nitrogens with zero attached hydrogens (tertiary/aromatic N) is 1. The second-order valence-corrected chi connectivity index (χ2v) is 4.17. The van der Waals surface area contributed by atoms with E-state index in [9.17, 15) is 14.9 Å². The maximum absolute atomic E-state index is 11.6. The van der Waals surface area contributed by atoms with E-state index in [0.717, 1.165) is 0 Å². The Morgan fingerprint density at radius 3 is 2.89 bits per heavy atom. The zero-order valence-corrected chi connectivity index (χ0v) is 10.8. The number of carbonyl (C=O) groups excluding carboxylic acids is 1. The molecular formula is C13H17N3O3. The first-order chi connectivity index (χ1) is 8.97. The van der Waals surface area contributed by atoms with Crippen LogP contribution in [0.25, 0.3) is 0 Å². The molecule has 0 saturated carbocycles. The van der Waals surface area contributed by atoms with Crippen LogP contribution in [-0.2, 0) is 11.3 Å². The van der Waals surface area contributed by atoms with Gasteiger partial charge < -0.3 is 11.1 Å². The van der Waals surface area contributed by atoms with Gasteiger partial charge in [0.15, 0.2) is 0 Å². The highest BCUT2D eigenvalue weighted by Crippen LogP contribution is 2.20. The summed E-state index contributed by atoms with van der Waals surface area (Å²) in [7, 11) is 0. The van der Waals surface area contributed by atoms with E-state index < -0.39 is 11.0 Å². The molecule has 0 aliphatic heterocycles. The van der Waals surface area contributed by atoms with E-state index in [1.165, 1.54) is 6.07 Å². The number of nitro groups is 1. The monoisotopic (exact) mass is 263 g/mol. The first-order valence-electron chi connectivity index (χ1n) is 5.84. The van der Waals surface area contributed by atoms with Gasteiger partial charge in [0.1, 0.15) is 0 Å². The molecule has 0 aromatic heterocycles. The van der Waals surface area contributed by atoms with E-state index in [4.69, 9.17) is 5.73 Å². The predicted octanol–water partition coefficient (Wildman–Crippen LogP) is 1.42. The Hall–Kier alpha value is -2.21. The lowest BCUT2D eigenvalue weighted by Crippen LogP contribution is -2.39. The Balaban J connectivity index is 2.73. The smallest absolute Gasteiger partial charge is 0.272 e. The molecule has 102 valence electrons. The second-order valence-electron chi connectivity index (χ2n) is 4.17. The summed E-state index contributed by atoms with van der Waals surface area (Å²) >= 11 is 0. The van der Waals surface area contributed by atoms with Gasteiger partial charge in [-0.25, -0.2) is 0 Å². The number of benzene rings is 1. The zero-order valence-electron chi connectivity index (χ0n) is 10.8. The van der Waals surface area contributed by atoms with Gasteiger partial charge in [-0.15, -0.1) is 6.58 Å². The molecule has 0 bridgehead atoms. The number of hydrogen-bond acceptors (Lipinski definition) is 4. The third-order valence-corrected chi connectivity index (χ3v) is 2.82. The number of nitro benzene ring substituents is 1. The molecule has 0 fully saturated rings. The fourth-order valence-corrected chi connectivity index (χ4v) is 1.66. The summed E-state index contributed by atoms with van der Waals surface area (Å²) in [4.78, 5) is 22.0. The van der Waals surface area contributed by atoms with Crippen molar-refractivity contribution in [1.82, 2.24) is 5.32 Å². The summed E-state index contributed by atoms with van der Waals surface area (Å²) in [6, 6.07) is 4.12. The van der Waals surface area contributed by atoms with Crippen LogP contribution < -0.4 is 11.1 Å². The molecule has 3 N–H and O–H groups in total. The maximum atomic E-state index is 11.6. The van der Waals surface area contributed by atoms with Crippen molar-refractivity contribution in [3.05, 3.63) is 52.1 Å². The van der Waals surface area contributed by atoms with E-state index in [0.29, 0.717) is 17.5 Å². The molecule has 6 nitrogen and oxygen atoms in total. The lowest BCUT2D eigenvalue weighted by atomic mass is 10.1. The molecular weight excluding hydrogens is 246 g/mol. The molecule has 6 heteroatoms. The van der Waals surface area contributed by atoms with Crippen LogP contribution in [0.4, 0.5) is 5.69 Å². The third-order valence-electron chi connectivity index (χ3n) is 2.82. The molecule has 0 saturated heterocycles. The van der Waals surface area contributed by atoms with Gasteiger partial charge in [0.05, 0.1) is 11.0 Å². The lowest BCUT2D eigenvalue weighted by Gasteiger charge is -2.11. The number of carbonyl (C=O) groups is 1. The zero-order chi connectivity index (χ0) is 14.4. The van der Waals surface area contributed by atoms with Crippen molar-refractivity contribution in [1.29, 1.82) is 0 Å². The normalized spacial score (nSPS) is 11.7. The van der Waals surface area contributed by atoms with E-state index in [1.807, 2.05) is 0 Å². The number of nitrogens with two attached hydrogens (primary N) is 1. The number of hydrogen-bond donors (Lipinski definition) is 2. The van der Waals surface area contributed by atoms with Crippen molar-refractivity contribution >= 4 is 11.6 Å². The molecule has 1 rings (SSSR count). The molecule has 0 radical (unpaired) electrons. The Morgan fingerprint density at radius 2 is 2.32 bits per heavy atom. The molecule has 1 amide bonds. The highest BCUT2D eigenvalue weighted by Gasteiger charge is 2.15. The molecule has 0 aliphatic rings. The van der Waals surface area contributed by atoms with Gasteiger partial charge >= 0.3 is 0 Å². The summed E-state index contributed by atoms with van der Waals surface area (Å²) in [5.41, 5.74) is 6.91. The van der Waals surface area contributed by atoms with E-state index >= 15 is 0 Å². The summed E-state index contributed by atoms with van der Waals surface area (Å²) < 4.78 is 0. The SMILES string of the molecule is C=CCC(N)C(=O)NCc1cccc([N+](=O)[O-])c1C. The average Bonchev–Trinajstić information content (AvgIpc) is 2.37. The van der Waals surface area contributed by atoms with Gasteiger partial charge in [0.2, 0.25) is 5.91 Å². The molecule has 1 aromatic carbocycles. The Morgan fingerprint density at radius 1 is 1.63 bits per heavy atom. The number of rotatable bonds is 6. The van der Waals surface area contributed by atoms with Gasteiger partial charge in [0, 0.05) is 18.2 Å². The molecule has 1 atom stereocenters.